The highest BCUT2D eigenvalue weighted by atomic mass is 32.2. The van der Waals surface area contributed by atoms with Crippen molar-refractivity contribution in [2.45, 2.75) is 30.1 Å². The van der Waals surface area contributed by atoms with Gasteiger partial charge in [-0.25, -0.2) is 4.79 Å². The lowest BCUT2D eigenvalue weighted by molar-refractivity contribution is 0.0697. The van der Waals surface area contributed by atoms with E-state index in [4.69, 9.17) is 10.1 Å². The van der Waals surface area contributed by atoms with Crippen LogP contribution < -0.4 is 0 Å². The predicted molar refractivity (Wildman–Crippen MR) is 85.2 cm³/mol. The van der Waals surface area contributed by atoms with Gasteiger partial charge in [-0.3, -0.25) is 4.99 Å². The summed E-state index contributed by atoms with van der Waals surface area (Å²) >= 11 is 1.64. The van der Waals surface area contributed by atoms with Crippen LogP contribution >= 0.6 is 11.8 Å². The van der Waals surface area contributed by atoms with Crippen LogP contribution in [0.25, 0.3) is 0 Å². The molecule has 0 fully saturated rings. The number of carboxylic acid groups (broad SMARTS) is 1. The lowest BCUT2D eigenvalue weighted by atomic mass is 10.1. The van der Waals surface area contributed by atoms with Crippen LogP contribution in [-0.4, -0.2) is 16.8 Å². The number of aryl methyl sites for hydroxylation is 1. The van der Waals surface area contributed by atoms with E-state index in [0.717, 1.165) is 28.3 Å². The van der Waals surface area contributed by atoms with E-state index in [1.807, 2.05) is 6.07 Å². The molecule has 1 heterocycles. The number of hydrogen-bond donors (Lipinski definition) is 1. The molecular formula is C17H15NO2S. The van der Waals surface area contributed by atoms with Gasteiger partial charge in [-0.05, 0) is 43.7 Å². The first-order valence-electron chi connectivity index (χ1n) is 6.82. The Labute approximate surface area is 127 Å². The van der Waals surface area contributed by atoms with Crippen LogP contribution in [0, 0.1) is 6.92 Å². The first-order chi connectivity index (χ1) is 10.1. The molecule has 21 heavy (non-hydrogen) atoms. The molecule has 0 atom stereocenters. The number of benzene rings is 2. The van der Waals surface area contributed by atoms with E-state index >= 15 is 0 Å². The highest BCUT2D eigenvalue weighted by molar-refractivity contribution is 7.99. The molecule has 2 aromatic carbocycles. The Morgan fingerprint density at radius 3 is 2.67 bits per heavy atom. The van der Waals surface area contributed by atoms with Crippen molar-refractivity contribution in [2.75, 3.05) is 0 Å². The van der Waals surface area contributed by atoms with Crippen LogP contribution in [0.3, 0.4) is 0 Å². The van der Waals surface area contributed by atoms with Gasteiger partial charge in [0.05, 0.1) is 11.3 Å². The van der Waals surface area contributed by atoms with Crippen LogP contribution in [-0.2, 0) is 0 Å². The molecule has 1 aliphatic heterocycles. The molecule has 0 radical (unpaired) electrons. The topological polar surface area (TPSA) is 49.7 Å². The van der Waals surface area contributed by atoms with Gasteiger partial charge >= 0.3 is 5.97 Å². The first kappa shape index (κ1) is 13.9. The largest absolute Gasteiger partial charge is 0.478 e. The summed E-state index contributed by atoms with van der Waals surface area (Å²) in [5.74, 6) is -0.923. The average Bonchev–Trinajstić information content (AvgIpc) is 2.62. The number of nitrogens with zero attached hydrogens (tertiary/aromatic N) is 1. The maximum absolute atomic E-state index is 11.1. The van der Waals surface area contributed by atoms with Crippen molar-refractivity contribution in [3.8, 4) is 0 Å². The molecule has 0 unspecified atom stereocenters. The van der Waals surface area contributed by atoms with Crippen LogP contribution in [0.2, 0.25) is 0 Å². The Morgan fingerprint density at radius 1 is 1.19 bits per heavy atom. The van der Waals surface area contributed by atoms with E-state index in [1.165, 1.54) is 10.5 Å². The van der Waals surface area contributed by atoms with E-state index in [0.29, 0.717) is 0 Å². The van der Waals surface area contributed by atoms with E-state index in [-0.39, 0.29) is 5.56 Å². The third-order valence-corrected chi connectivity index (χ3v) is 4.60. The van der Waals surface area contributed by atoms with E-state index < -0.39 is 5.97 Å². The molecule has 3 nitrogen and oxygen atoms in total. The molecule has 3 rings (SSSR count). The summed E-state index contributed by atoms with van der Waals surface area (Å²) < 4.78 is 0. The Kier molecular flexibility index (Phi) is 3.55. The van der Waals surface area contributed by atoms with Gasteiger partial charge in [-0.1, -0.05) is 30.3 Å². The molecule has 0 bridgehead atoms. The maximum Gasteiger partial charge on any atom is 0.335 e. The lowest BCUT2D eigenvalue weighted by Crippen LogP contribution is -2.00. The minimum Gasteiger partial charge on any atom is -0.478 e. The number of carbonyl (C=O) groups is 1. The summed E-state index contributed by atoms with van der Waals surface area (Å²) in [6.45, 7) is 4.14. The number of aromatic carboxylic acids is 1. The Bertz CT molecular complexity index is 765. The molecule has 2 aromatic rings. The van der Waals surface area contributed by atoms with E-state index in [9.17, 15) is 4.79 Å². The number of fused-ring (bicyclic) bond motifs is 2. The summed E-state index contributed by atoms with van der Waals surface area (Å²) in [4.78, 5) is 18.0. The minimum atomic E-state index is -0.923. The van der Waals surface area contributed by atoms with Crippen molar-refractivity contribution < 1.29 is 9.90 Å². The van der Waals surface area contributed by atoms with Crippen molar-refractivity contribution in [3.05, 3.63) is 53.1 Å². The normalized spacial score (nSPS) is 13.0. The maximum atomic E-state index is 11.1. The molecule has 1 N–H and O–H groups in total. The number of aliphatic imine (C=N–C) groups is 1. The highest BCUT2D eigenvalue weighted by Gasteiger charge is 2.17. The average molecular weight is 297 g/mol. The Balaban J connectivity index is 2.21. The fourth-order valence-corrected chi connectivity index (χ4v) is 3.38. The quantitative estimate of drug-likeness (QED) is 0.875. The molecule has 1 aliphatic rings. The van der Waals surface area contributed by atoms with Gasteiger partial charge in [0.25, 0.3) is 0 Å². The third kappa shape index (κ3) is 2.59. The molecule has 0 saturated carbocycles. The molecule has 0 spiro atoms. The van der Waals surface area contributed by atoms with Crippen molar-refractivity contribution in [1.82, 2.24) is 0 Å². The van der Waals surface area contributed by atoms with Crippen molar-refractivity contribution in [1.29, 1.82) is 0 Å². The molecule has 106 valence electrons. The van der Waals surface area contributed by atoms with Crippen molar-refractivity contribution in [2.24, 2.45) is 4.99 Å². The van der Waals surface area contributed by atoms with Crippen LogP contribution in [0.5, 0.6) is 0 Å². The summed E-state index contributed by atoms with van der Waals surface area (Å²) in [6.07, 6.45) is 0.813. The van der Waals surface area contributed by atoms with Crippen molar-refractivity contribution >= 4 is 29.1 Å². The number of rotatable bonds is 2. The van der Waals surface area contributed by atoms with Gasteiger partial charge in [-0.2, -0.15) is 0 Å². The molecule has 0 saturated heterocycles. The summed E-state index contributed by atoms with van der Waals surface area (Å²) in [5, 5.41) is 9.13. The minimum absolute atomic E-state index is 0.274. The molecular weight excluding hydrogens is 282 g/mol. The molecule has 0 amide bonds. The van der Waals surface area contributed by atoms with Gasteiger partial charge in [0, 0.05) is 21.1 Å². The smallest absolute Gasteiger partial charge is 0.335 e. The van der Waals surface area contributed by atoms with Crippen LogP contribution in [0.1, 0.15) is 34.8 Å². The number of hydrogen-bond acceptors (Lipinski definition) is 3. The zero-order valence-electron chi connectivity index (χ0n) is 11.9. The molecule has 0 aliphatic carbocycles. The first-order valence-corrected chi connectivity index (χ1v) is 7.64. The highest BCUT2D eigenvalue weighted by Crippen LogP contribution is 2.41. The fourth-order valence-electron chi connectivity index (χ4n) is 2.38. The van der Waals surface area contributed by atoms with Gasteiger partial charge in [-0.15, -0.1) is 0 Å². The fraction of sp³-hybridized carbons (Fsp3) is 0.176. The van der Waals surface area contributed by atoms with Gasteiger partial charge in [0.15, 0.2) is 0 Å². The zero-order valence-corrected chi connectivity index (χ0v) is 12.7. The van der Waals surface area contributed by atoms with Crippen LogP contribution in [0.4, 0.5) is 5.69 Å². The second-order valence-corrected chi connectivity index (χ2v) is 6.09. The van der Waals surface area contributed by atoms with Crippen LogP contribution in [0.15, 0.2) is 51.2 Å². The summed E-state index contributed by atoms with van der Waals surface area (Å²) in [6, 6.07) is 11.5. The van der Waals surface area contributed by atoms with Gasteiger partial charge in [0.2, 0.25) is 0 Å². The van der Waals surface area contributed by atoms with E-state index in [1.54, 1.807) is 23.9 Å². The zero-order chi connectivity index (χ0) is 15.0. The van der Waals surface area contributed by atoms with Crippen molar-refractivity contribution in [3.63, 3.8) is 0 Å². The second kappa shape index (κ2) is 5.37. The lowest BCUT2D eigenvalue weighted by Gasteiger charge is -2.08. The monoisotopic (exact) mass is 297 g/mol. The predicted octanol–water partition coefficient (Wildman–Crippen LogP) is 4.69. The van der Waals surface area contributed by atoms with E-state index in [2.05, 4.69) is 32.0 Å². The Morgan fingerprint density at radius 2 is 1.95 bits per heavy atom. The summed E-state index contributed by atoms with van der Waals surface area (Å²) in [5.41, 5.74) is 4.37. The SMILES string of the molecule is CCC1=Nc2cc(C(=O)O)ccc2Sc2ccc(C)cc21. The number of carboxylic acids is 1. The molecule has 0 aromatic heterocycles. The second-order valence-electron chi connectivity index (χ2n) is 5.00. The third-order valence-electron chi connectivity index (χ3n) is 3.46. The molecule has 4 heteroatoms. The summed E-state index contributed by atoms with van der Waals surface area (Å²) in [7, 11) is 0. The van der Waals surface area contributed by atoms with Gasteiger partial charge < -0.3 is 5.11 Å². The standard InChI is InChI=1S/C17H15NO2S/c1-3-13-12-8-10(2)4-6-15(12)21-16-7-5-11(17(19)20)9-14(16)18-13/h4-9H,3H2,1-2H3,(H,19,20). The van der Waals surface area contributed by atoms with Gasteiger partial charge in [0.1, 0.15) is 0 Å². The Hall–Kier alpha value is -2.07.